The molecule has 0 radical (unpaired) electrons. The molecule has 1 aliphatic rings. The first kappa shape index (κ1) is 23.2. The Balaban J connectivity index is 2.38. The molecule has 6 atom stereocenters. The molecule has 0 saturated carbocycles. The lowest BCUT2D eigenvalue weighted by Crippen LogP contribution is -2.39. The van der Waals surface area contributed by atoms with E-state index in [-0.39, 0.29) is 0 Å². The van der Waals surface area contributed by atoms with Gasteiger partial charge in [-0.05, 0) is 6.30 Å². The minimum Gasteiger partial charge on any atom is -0.374 e. The van der Waals surface area contributed by atoms with E-state index in [0.717, 1.165) is 17.7 Å². The summed E-state index contributed by atoms with van der Waals surface area (Å²) in [6.07, 6.45) is -0.959. The lowest BCUT2D eigenvalue weighted by molar-refractivity contribution is -0.166. The molecule has 2 unspecified atom stereocenters. The highest BCUT2D eigenvalue weighted by Gasteiger charge is 2.50. The van der Waals surface area contributed by atoms with Gasteiger partial charge < -0.3 is 37.6 Å². The molecular weight excluding hydrogens is 422 g/mol. The smallest absolute Gasteiger partial charge is 0.353 e. The molecule has 28 heavy (non-hydrogen) atoms. The van der Waals surface area contributed by atoms with E-state index in [1.54, 1.807) is 0 Å². The molecule has 0 spiro atoms. The average Bonchev–Trinajstić information content (AvgIpc) is 2.96. The Hall–Kier alpha value is -1.11. The third-order valence-electron chi connectivity index (χ3n) is 3.80. The number of nitrogens with one attached hydrogen (secondary N) is 1. The van der Waals surface area contributed by atoms with Crippen molar-refractivity contribution in [3.05, 3.63) is 33.1 Å². The van der Waals surface area contributed by atoms with Crippen molar-refractivity contribution in [1.29, 1.82) is 0 Å². The molecule has 0 aliphatic carbocycles. The Kier molecular flexibility index (Phi) is 7.56. The van der Waals surface area contributed by atoms with Gasteiger partial charge in [-0.25, -0.2) is 4.79 Å². The van der Waals surface area contributed by atoms with Gasteiger partial charge in [-0.15, -0.1) is 0 Å². The molecule has 160 valence electrons. The highest BCUT2D eigenvalue weighted by atomic mass is 31.2. The van der Waals surface area contributed by atoms with Gasteiger partial charge in [0, 0.05) is 33.6 Å². The van der Waals surface area contributed by atoms with Crippen LogP contribution < -0.4 is 11.2 Å². The molecule has 1 fully saturated rings. The zero-order valence-electron chi connectivity index (χ0n) is 15.3. The lowest BCUT2D eigenvalue weighted by atomic mass is 10.2. The maximum atomic E-state index is 12.1. The second-order valence-corrected chi connectivity index (χ2v) is 9.37. The van der Waals surface area contributed by atoms with E-state index in [4.69, 9.17) is 23.3 Å². The zero-order valence-corrected chi connectivity index (χ0v) is 17.1. The van der Waals surface area contributed by atoms with Crippen LogP contribution in [0.5, 0.6) is 0 Å². The van der Waals surface area contributed by atoms with Crippen LogP contribution in [-0.2, 0) is 32.3 Å². The Labute approximate surface area is 159 Å². The largest absolute Gasteiger partial charge is 0.374 e. The van der Waals surface area contributed by atoms with Gasteiger partial charge in [-0.2, -0.15) is 0 Å². The molecule has 0 amide bonds. The first-order valence-corrected chi connectivity index (χ1v) is 11.3. The third-order valence-corrected chi connectivity index (χ3v) is 5.99. The molecule has 3 N–H and O–H groups in total. The van der Waals surface area contributed by atoms with E-state index in [0.29, 0.717) is 0 Å². The van der Waals surface area contributed by atoms with Gasteiger partial charge in [-0.1, -0.05) is 0 Å². The maximum absolute atomic E-state index is 12.1. The number of ether oxygens (including phenoxy) is 3. The van der Waals surface area contributed by atoms with Crippen molar-refractivity contribution in [3.8, 4) is 0 Å². The molecule has 1 aromatic rings. The third kappa shape index (κ3) is 5.49. The van der Waals surface area contributed by atoms with Gasteiger partial charge in [0.25, 0.3) is 5.56 Å². The standard InChI is InChI=1S/C13H22N2O11P2/c1-21-9-10(26-27(4,18)22-2)12(24-7-28(19,20)23-3)25-11(9)15-6-5-8(16)14-13(15)17/h5-6,9-12,18H,4,7H2,1-3H3,(H,19,20)(H,14,16,17)/t9-,10+,11-,12+,27?/m1/s1. The number of rotatable bonds is 9. The van der Waals surface area contributed by atoms with Crippen molar-refractivity contribution in [1.82, 2.24) is 9.55 Å². The van der Waals surface area contributed by atoms with E-state index in [9.17, 15) is 23.9 Å². The fraction of sp³-hybridized carbons (Fsp3) is 0.615. The second-order valence-electron chi connectivity index (χ2n) is 5.62. The summed E-state index contributed by atoms with van der Waals surface area (Å²) in [4.78, 5) is 45.1. The molecule has 1 aliphatic heterocycles. The summed E-state index contributed by atoms with van der Waals surface area (Å²) in [5, 5.41) is 0. The van der Waals surface area contributed by atoms with Crippen LogP contribution in [0, 0.1) is 0 Å². The van der Waals surface area contributed by atoms with Crippen molar-refractivity contribution in [2.24, 2.45) is 0 Å². The Morgan fingerprint density at radius 3 is 2.46 bits per heavy atom. The van der Waals surface area contributed by atoms with Gasteiger partial charge in [-0.3, -0.25) is 18.9 Å². The molecule has 0 bridgehead atoms. The van der Waals surface area contributed by atoms with Crippen LogP contribution in [-0.4, -0.2) is 71.8 Å². The van der Waals surface area contributed by atoms with Gasteiger partial charge in [0.2, 0.25) is 7.57 Å². The summed E-state index contributed by atoms with van der Waals surface area (Å²) in [5.41, 5.74) is -1.41. The molecule has 1 saturated heterocycles. The van der Waals surface area contributed by atoms with E-state index < -0.39 is 57.5 Å². The highest BCUT2D eigenvalue weighted by molar-refractivity contribution is 7.58. The highest BCUT2D eigenvalue weighted by Crippen LogP contribution is 2.49. The molecule has 15 heteroatoms. The first-order valence-electron chi connectivity index (χ1n) is 7.72. The first-order chi connectivity index (χ1) is 13.0. The number of aromatic amines is 1. The average molecular weight is 444 g/mol. The minimum absolute atomic E-state index is 0.618. The van der Waals surface area contributed by atoms with Crippen LogP contribution in [0.4, 0.5) is 0 Å². The van der Waals surface area contributed by atoms with Crippen molar-refractivity contribution in [3.63, 3.8) is 0 Å². The van der Waals surface area contributed by atoms with Gasteiger partial charge in [0.05, 0.1) is 0 Å². The van der Waals surface area contributed by atoms with Crippen molar-refractivity contribution >= 4 is 21.5 Å². The van der Waals surface area contributed by atoms with Crippen molar-refractivity contribution in [2.75, 3.05) is 27.7 Å². The predicted octanol–water partition coefficient (Wildman–Crippen LogP) is -0.569. The van der Waals surface area contributed by atoms with Crippen LogP contribution in [0.15, 0.2) is 21.9 Å². The fourth-order valence-corrected chi connectivity index (χ4v) is 3.54. The van der Waals surface area contributed by atoms with E-state index in [1.165, 1.54) is 20.4 Å². The van der Waals surface area contributed by atoms with E-state index in [1.807, 2.05) is 0 Å². The number of hydrogen-bond acceptors (Lipinski definition) is 10. The minimum atomic E-state index is -4.06. The Bertz CT molecular complexity index is 884. The maximum Gasteiger partial charge on any atom is 0.353 e. The SMILES string of the molecule is C=P(O)(OC)O[C@@H]1[C@@H](OCP(=O)(O)OC)O[C@@H](n2ccc(=O)[nH]c2=O)[C@@H]1OC. The zero-order chi connectivity index (χ0) is 21.1. The fourth-order valence-electron chi connectivity index (χ4n) is 2.41. The summed E-state index contributed by atoms with van der Waals surface area (Å²) < 4.78 is 43.6. The van der Waals surface area contributed by atoms with Crippen LogP contribution in [0.3, 0.4) is 0 Å². The monoisotopic (exact) mass is 444 g/mol. The molecule has 0 aromatic carbocycles. The van der Waals surface area contributed by atoms with E-state index >= 15 is 0 Å². The number of hydrogen-bond donors (Lipinski definition) is 3. The topological polar surface area (TPSA) is 168 Å². The molecule has 2 rings (SSSR count). The lowest BCUT2D eigenvalue weighted by Gasteiger charge is -2.27. The second kappa shape index (κ2) is 9.14. The molecule has 2 heterocycles. The number of methoxy groups -OCH3 is 1. The van der Waals surface area contributed by atoms with Gasteiger partial charge in [0.15, 0.2) is 18.9 Å². The van der Waals surface area contributed by atoms with Crippen LogP contribution in [0.25, 0.3) is 0 Å². The molecule has 13 nitrogen and oxygen atoms in total. The van der Waals surface area contributed by atoms with Crippen molar-refractivity contribution in [2.45, 2.75) is 24.7 Å². The summed E-state index contributed by atoms with van der Waals surface area (Å²) in [7, 11) is -4.14. The van der Waals surface area contributed by atoms with Crippen molar-refractivity contribution < 1.29 is 42.1 Å². The number of aromatic nitrogens is 2. The van der Waals surface area contributed by atoms with Crippen LogP contribution >= 0.6 is 15.2 Å². The summed E-state index contributed by atoms with van der Waals surface area (Å²) in [5.74, 6) is 0. The van der Waals surface area contributed by atoms with Crippen LogP contribution in [0.1, 0.15) is 6.23 Å². The summed E-state index contributed by atoms with van der Waals surface area (Å²) >= 11 is 0. The quantitative estimate of drug-likeness (QED) is 0.417. The number of H-pyrrole nitrogens is 1. The molecular formula is C13H22N2O11P2. The summed E-state index contributed by atoms with van der Waals surface area (Å²) in [6, 6.07) is 1.09. The van der Waals surface area contributed by atoms with Crippen LogP contribution in [0.2, 0.25) is 0 Å². The summed E-state index contributed by atoms with van der Waals surface area (Å²) in [6.45, 7) is 0. The van der Waals surface area contributed by atoms with E-state index in [2.05, 4.69) is 15.8 Å². The normalized spacial score (nSPS) is 29.3. The Morgan fingerprint density at radius 1 is 1.25 bits per heavy atom. The number of nitrogens with zero attached hydrogens (tertiary/aromatic N) is 1. The van der Waals surface area contributed by atoms with Gasteiger partial charge >= 0.3 is 13.3 Å². The van der Waals surface area contributed by atoms with Gasteiger partial charge in [0.1, 0.15) is 12.2 Å². The Morgan fingerprint density at radius 2 is 1.93 bits per heavy atom. The predicted molar refractivity (Wildman–Crippen MR) is 97.0 cm³/mol. The molecule has 1 aromatic heterocycles.